The van der Waals surface area contributed by atoms with E-state index in [0.717, 1.165) is 0 Å². The highest BCUT2D eigenvalue weighted by atomic mass is 16.4. The molecule has 1 aromatic carbocycles. The van der Waals surface area contributed by atoms with Crippen molar-refractivity contribution >= 4 is 17.7 Å². The molecule has 9 heteroatoms. The lowest BCUT2D eigenvalue weighted by molar-refractivity contribution is 0.0693. The molecule has 0 aliphatic carbocycles. The van der Waals surface area contributed by atoms with Gasteiger partial charge in [0.25, 0.3) is 0 Å². The highest BCUT2D eigenvalue weighted by molar-refractivity contribution is 5.97. The SMILES string of the molecule is Cn1cnc(CNC(=O)Nc2cccc(C(=O)O)c2O)n1. The van der Waals surface area contributed by atoms with Gasteiger partial charge in [0.05, 0.1) is 12.2 Å². The van der Waals surface area contributed by atoms with E-state index in [2.05, 4.69) is 20.7 Å². The number of aromatic nitrogens is 3. The molecule has 2 rings (SSSR count). The van der Waals surface area contributed by atoms with E-state index in [1.54, 1.807) is 7.05 Å². The monoisotopic (exact) mass is 291 g/mol. The molecule has 9 nitrogen and oxygen atoms in total. The topological polar surface area (TPSA) is 129 Å². The largest absolute Gasteiger partial charge is 0.505 e. The van der Waals surface area contributed by atoms with Crippen LogP contribution in [0.2, 0.25) is 0 Å². The van der Waals surface area contributed by atoms with E-state index in [1.165, 1.54) is 29.2 Å². The van der Waals surface area contributed by atoms with Gasteiger partial charge in [-0.1, -0.05) is 6.07 Å². The van der Waals surface area contributed by atoms with Crippen molar-refractivity contribution in [2.45, 2.75) is 6.54 Å². The third-order valence-corrected chi connectivity index (χ3v) is 2.57. The third kappa shape index (κ3) is 3.47. The first-order chi connectivity index (χ1) is 9.97. The summed E-state index contributed by atoms with van der Waals surface area (Å²) in [7, 11) is 1.70. The van der Waals surface area contributed by atoms with Gasteiger partial charge in [-0.2, -0.15) is 5.10 Å². The molecule has 4 N–H and O–H groups in total. The predicted molar refractivity (Wildman–Crippen MR) is 71.9 cm³/mol. The number of aromatic carboxylic acids is 1. The van der Waals surface area contributed by atoms with Crippen LogP contribution in [0.1, 0.15) is 16.2 Å². The van der Waals surface area contributed by atoms with Crippen LogP contribution in [0, 0.1) is 0 Å². The number of carbonyl (C=O) groups excluding carboxylic acids is 1. The number of nitrogens with zero attached hydrogens (tertiary/aromatic N) is 3. The molecule has 21 heavy (non-hydrogen) atoms. The predicted octanol–water partition coefficient (Wildman–Crippen LogP) is 0.541. The van der Waals surface area contributed by atoms with Gasteiger partial charge in [-0.15, -0.1) is 0 Å². The molecule has 2 aromatic rings. The van der Waals surface area contributed by atoms with Crippen molar-refractivity contribution in [2.75, 3.05) is 5.32 Å². The highest BCUT2D eigenvalue weighted by Gasteiger charge is 2.14. The molecular formula is C12H13N5O4. The molecule has 0 spiro atoms. The van der Waals surface area contributed by atoms with Crippen LogP contribution in [-0.2, 0) is 13.6 Å². The van der Waals surface area contributed by atoms with E-state index in [1.807, 2.05) is 0 Å². The summed E-state index contributed by atoms with van der Waals surface area (Å²) in [6, 6.07) is 3.43. The molecule has 0 atom stereocenters. The maximum Gasteiger partial charge on any atom is 0.339 e. The smallest absolute Gasteiger partial charge is 0.339 e. The Balaban J connectivity index is 1.99. The molecule has 0 saturated carbocycles. The van der Waals surface area contributed by atoms with Gasteiger partial charge in [0.2, 0.25) is 0 Å². The van der Waals surface area contributed by atoms with Crippen LogP contribution in [0.25, 0.3) is 0 Å². The molecule has 0 bridgehead atoms. The Kier molecular flexibility index (Phi) is 4.02. The number of benzene rings is 1. The normalized spacial score (nSPS) is 10.1. The number of urea groups is 1. The number of aromatic hydroxyl groups is 1. The highest BCUT2D eigenvalue weighted by Crippen LogP contribution is 2.27. The Morgan fingerprint density at radius 2 is 2.14 bits per heavy atom. The van der Waals surface area contributed by atoms with Crippen molar-refractivity contribution in [3.8, 4) is 5.75 Å². The second-order valence-corrected chi connectivity index (χ2v) is 4.15. The maximum atomic E-state index is 11.7. The third-order valence-electron chi connectivity index (χ3n) is 2.57. The van der Waals surface area contributed by atoms with E-state index in [0.29, 0.717) is 5.82 Å². The summed E-state index contributed by atoms with van der Waals surface area (Å²) in [6.07, 6.45) is 1.50. The molecule has 0 fully saturated rings. The first kappa shape index (κ1) is 14.3. The van der Waals surface area contributed by atoms with Crippen molar-refractivity contribution in [3.63, 3.8) is 0 Å². The molecule has 0 radical (unpaired) electrons. The van der Waals surface area contributed by atoms with Crippen LogP contribution in [-0.4, -0.2) is 37.0 Å². The van der Waals surface area contributed by atoms with E-state index in [-0.39, 0.29) is 17.8 Å². The van der Waals surface area contributed by atoms with Gasteiger partial charge in [0, 0.05) is 7.05 Å². The number of hydrogen-bond acceptors (Lipinski definition) is 5. The van der Waals surface area contributed by atoms with Gasteiger partial charge in [-0.25, -0.2) is 14.6 Å². The molecule has 110 valence electrons. The van der Waals surface area contributed by atoms with Crippen LogP contribution in [0.4, 0.5) is 10.5 Å². The lowest BCUT2D eigenvalue weighted by Crippen LogP contribution is -2.28. The fraction of sp³-hybridized carbons (Fsp3) is 0.167. The van der Waals surface area contributed by atoms with E-state index in [9.17, 15) is 14.7 Å². The Labute approximate surface area is 119 Å². The van der Waals surface area contributed by atoms with Crippen molar-refractivity contribution in [3.05, 3.63) is 35.9 Å². The summed E-state index contributed by atoms with van der Waals surface area (Å²) in [4.78, 5) is 26.5. The number of carbonyl (C=O) groups is 2. The Morgan fingerprint density at radius 1 is 1.38 bits per heavy atom. The molecule has 0 unspecified atom stereocenters. The van der Waals surface area contributed by atoms with Crippen molar-refractivity contribution < 1.29 is 19.8 Å². The van der Waals surface area contributed by atoms with Gasteiger partial charge in [0.1, 0.15) is 11.9 Å². The number of carboxylic acid groups (broad SMARTS) is 1. The van der Waals surface area contributed by atoms with Crippen molar-refractivity contribution in [1.29, 1.82) is 0 Å². The fourth-order valence-corrected chi connectivity index (χ4v) is 1.61. The maximum absolute atomic E-state index is 11.7. The minimum Gasteiger partial charge on any atom is -0.505 e. The zero-order valence-corrected chi connectivity index (χ0v) is 11.1. The number of rotatable bonds is 4. The second kappa shape index (κ2) is 5.90. The summed E-state index contributed by atoms with van der Waals surface area (Å²) >= 11 is 0. The zero-order valence-electron chi connectivity index (χ0n) is 11.1. The number of carboxylic acids is 1. The summed E-state index contributed by atoms with van der Waals surface area (Å²) < 4.78 is 1.50. The van der Waals surface area contributed by atoms with Gasteiger partial charge in [-0.05, 0) is 12.1 Å². The lowest BCUT2D eigenvalue weighted by Gasteiger charge is -2.09. The van der Waals surface area contributed by atoms with E-state index >= 15 is 0 Å². The quantitative estimate of drug-likeness (QED) is 0.608. The van der Waals surface area contributed by atoms with Crippen LogP contribution in [0.15, 0.2) is 24.5 Å². The van der Waals surface area contributed by atoms with E-state index in [4.69, 9.17) is 5.11 Å². The zero-order chi connectivity index (χ0) is 15.4. The van der Waals surface area contributed by atoms with Gasteiger partial charge in [0.15, 0.2) is 11.6 Å². The fourth-order valence-electron chi connectivity index (χ4n) is 1.61. The molecule has 1 heterocycles. The molecular weight excluding hydrogens is 278 g/mol. The first-order valence-corrected chi connectivity index (χ1v) is 5.92. The van der Waals surface area contributed by atoms with Gasteiger partial charge in [-0.3, -0.25) is 4.68 Å². The van der Waals surface area contributed by atoms with Crippen LogP contribution < -0.4 is 10.6 Å². The summed E-state index contributed by atoms with van der Waals surface area (Å²) in [5.41, 5.74) is -0.291. The van der Waals surface area contributed by atoms with Crippen molar-refractivity contribution in [1.82, 2.24) is 20.1 Å². The van der Waals surface area contributed by atoms with Crippen LogP contribution >= 0.6 is 0 Å². The van der Waals surface area contributed by atoms with Gasteiger partial charge < -0.3 is 20.8 Å². The Morgan fingerprint density at radius 3 is 2.76 bits per heavy atom. The summed E-state index contributed by atoms with van der Waals surface area (Å²) in [5.74, 6) is -1.36. The Hall–Kier alpha value is -3.10. The standard InChI is InChI=1S/C12H13N5O4/c1-17-6-14-9(16-17)5-13-12(21)15-8-4-2-3-7(10(8)18)11(19)20/h2-4,6,18H,5H2,1H3,(H,19,20)(H2,13,15,21). The average Bonchev–Trinajstić information content (AvgIpc) is 2.84. The van der Waals surface area contributed by atoms with Crippen LogP contribution in [0.3, 0.4) is 0 Å². The molecule has 0 saturated heterocycles. The number of para-hydroxylation sites is 1. The minimum absolute atomic E-state index is 0.00128. The number of nitrogens with one attached hydrogen (secondary N) is 2. The summed E-state index contributed by atoms with van der Waals surface area (Å²) in [5, 5.41) is 27.4. The number of amides is 2. The molecule has 1 aromatic heterocycles. The van der Waals surface area contributed by atoms with E-state index < -0.39 is 17.7 Å². The Bertz CT molecular complexity index is 682. The molecule has 0 aliphatic rings. The number of anilines is 1. The summed E-state index contributed by atoms with van der Waals surface area (Å²) in [6.45, 7) is 0.103. The number of hydrogen-bond donors (Lipinski definition) is 4. The second-order valence-electron chi connectivity index (χ2n) is 4.15. The lowest BCUT2D eigenvalue weighted by atomic mass is 10.2. The molecule has 2 amide bonds. The minimum atomic E-state index is -1.28. The first-order valence-electron chi connectivity index (χ1n) is 5.92. The molecule has 0 aliphatic heterocycles. The number of phenols is 1. The van der Waals surface area contributed by atoms with Crippen LogP contribution in [0.5, 0.6) is 5.75 Å². The van der Waals surface area contributed by atoms with Gasteiger partial charge >= 0.3 is 12.0 Å². The number of aryl methyl sites for hydroxylation is 1. The average molecular weight is 291 g/mol. The van der Waals surface area contributed by atoms with Crippen molar-refractivity contribution in [2.24, 2.45) is 7.05 Å².